The fourth-order valence-electron chi connectivity index (χ4n) is 3.53. The lowest BCUT2D eigenvalue weighted by atomic mass is 10.1. The Kier molecular flexibility index (Phi) is 7.59. The third kappa shape index (κ3) is 6.00. The number of benzene rings is 2. The molecule has 0 unspecified atom stereocenters. The summed E-state index contributed by atoms with van der Waals surface area (Å²) in [7, 11) is 0. The average Bonchev–Trinajstić information content (AvgIpc) is 2.74. The number of aromatic nitrogens is 1. The van der Waals surface area contributed by atoms with Crippen LogP contribution in [0.4, 0.5) is 19.0 Å². The van der Waals surface area contributed by atoms with E-state index in [0.717, 1.165) is 35.4 Å². The molecule has 2 heterocycles. The molecule has 9 heteroatoms. The first-order chi connectivity index (χ1) is 14.5. The maximum absolute atomic E-state index is 12.6. The molecule has 4 rings (SSSR count). The van der Waals surface area contributed by atoms with Crippen LogP contribution < -0.4 is 15.0 Å². The second-order valence-corrected chi connectivity index (χ2v) is 7.02. The lowest BCUT2D eigenvalue weighted by molar-refractivity contribution is -0.274. The van der Waals surface area contributed by atoms with Crippen LogP contribution in [-0.2, 0) is 17.8 Å². The molecule has 1 N–H and O–H groups in total. The molecule has 1 saturated heterocycles. The minimum absolute atomic E-state index is 0. The molecule has 3 aromatic rings. The number of alkyl halides is 3. The van der Waals surface area contributed by atoms with Crippen LogP contribution in [0.1, 0.15) is 11.1 Å². The number of nitrogens with zero attached hydrogens (tertiary/aromatic N) is 2. The molecule has 0 spiro atoms. The van der Waals surface area contributed by atoms with Gasteiger partial charge in [0.2, 0.25) is 0 Å². The lowest BCUT2D eigenvalue weighted by Gasteiger charge is -2.30. The molecule has 166 valence electrons. The quantitative estimate of drug-likeness (QED) is 0.587. The molecule has 1 aromatic heterocycles. The van der Waals surface area contributed by atoms with Crippen molar-refractivity contribution in [2.45, 2.75) is 19.5 Å². The van der Waals surface area contributed by atoms with Gasteiger partial charge in [-0.05, 0) is 18.2 Å². The van der Waals surface area contributed by atoms with E-state index in [9.17, 15) is 13.2 Å². The Morgan fingerprint density at radius 3 is 2.42 bits per heavy atom. The Balaban J connectivity index is 0.00000272. The van der Waals surface area contributed by atoms with Crippen LogP contribution in [-0.4, -0.2) is 37.6 Å². The number of fused-ring (bicyclic) bond motifs is 1. The number of morpholine rings is 1. The third-order valence-corrected chi connectivity index (χ3v) is 4.92. The Hall–Kier alpha value is -2.55. The number of pyridine rings is 1. The zero-order chi connectivity index (χ0) is 21.0. The molecule has 5 nitrogen and oxygen atoms in total. The van der Waals surface area contributed by atoms with Crippen molar-refractivity contribution in [2.75, 3.05) is 31.2 Å². The number of hydrogen-bond acceptors (Lipinski definition) is 5. The molecular weight excluding hydrogens is 431 g/mol. The third-order valence-electron chi connectivity index (χ3n) is 4.92. The second-order valence-electron chi connectivity index (χ2n) is 7.02. The zero-order valence-corrected chi connectivity index (χ0v) is 17.5. The monoisotopic (exact) mass is 453 g/mol. The first-order valence-corrected chi connectivity index (χ1v) is 9.75. The van der Waals surface area contributed by atoms with Crippen LogP contribution in [0.25, 0.3) is 10.9 Å². The van der Waals surface area contributed by atoms with Gasteiger partial charge in [-0.15, -0.1) is 25.6 Å². The van der Waals surface area contributed by atoms with E-state index in [2.05, 4.69) is 21.0 Å². The highest BCUT2D eigenvalue weighted by atomic mass is 35.5. The van der Waals surface area contributed by atoms with Gasteiger partial charge < -0.3 is 19.7 Å². The van der Waals surface area contributed by atoms with Crippen molar-refractivity contribution in [1.82, 2.24) is 10.3 Å². The zero-order valence-electron chi connectivity index (χ0n) is 16.7. The van der Waals surface area contributed by atoms with Crippen LogP contribution >= 0.6 is 12.4 Å². The van der Waals surface area contributed by atoms with Crippen molar-refractivity contribution in [3.05, 3.63) is 65.7 Å². The summed E-state index contributed by atoms with van der Waals surface area (Å²) in [6.07, 6.45) is -4.72. The maximum Gasteiger partial charge on any atom is 0.573 e. The lowest BCUT2D eigenvalue weighted by Crippen LogP contribution is -2.37. The van der Waals surface area contributed by atoms with Gasteiger partial charge in [0, 0.05) is 42.7 Å². The highest BCUT2D eigenvalue weighted by molar-refractivity contribution is 5.85. The number of halogens is 4. The Morgan fingerprint density at radius 2 is 1.65 bits per heavy atom. The molecular formula is C22H23ClF3N3O2. The Labute approximate surface area is 184 Å². The van der Waals surface area contributed by atoms with Gasteiger partial charge in [0.1, 0.15) is 11.6 Å². The van der Waals surface area contributed by atoms with E-state index in [1.807, 2.05) is 24.3 Å². The van der Waals surface area contributed by atoms with Gasteiger partial charge in [-0.1, -0.05) is 36.4 Å². The molecule has 0 amide bonds. The number of anilines is 1. The molecule has 31 heavy (non-hydrogen) atoms. The minimum atomic E-state index is -4.72. The van der Waals surface area contributed by atoms with Gasteiger partial charge in [0.25, 0.3) is 0 Å². The van der Waals surface area contributed by atoms with E-state index in [1.165, 1.54) is 12.1 Å². The molecule has 1 aliphatic rings. The average molecular weight is 454 g/mol. The standard InChI is InChI=1S/C22H22F3N3O2.ClH/c23-22(24,25)30-20-8-4-2-6-17(20)14-26-15-18-13-16-5-1-3-7-19(16)27-21(18)28-9-11-29-12-10-28;/h1-8,13,26H,9-12,14-15H2;1H. The molecule has 0 radical (unpaired) electrons. The van der Waals surface area contributed by atoms with E-state index in [0.29, 0.717) is 25.3 Å². The van der Waals surface area contributed by atoms with Gasteiger partial charge in [0.15, 0.2) is 0 Å². The number of nitrogens with one attached hydrogen (secondary N) is 1. The van der Waals surface area contributed by atoms with Gasteiger partial charge >= 0.3 is 6.36 Å². The number of para-hydroxylation sites is 2. The van der Waals surface area contributed by atoms with Crippen LogP contribution in [0.5, 0.6) is 5.75 Å². The molecule has 0 atom stereocenters. The predicted octanol–water partition coefficient (Wildman–Crippen LogP) is 4.68. The maximum atomic E-state index is 12.6. The van der Waals surface area contributed by atoms with Gasteiger partial charge in [-0.25, -0.2) is 4.98 Å². The van der Waals surface area contributed by atoms with E-state index >= 15 is 0 Å². The van der Waals surface area contributed by atoms with E-state index in [1.54, 1.807) is 12.1 Å². The summed E-state index contributed by atoms with van der Waals surface area (Å²) < 4.78 is 47.5. The van der Waals surface area contributed by atoms with Crippen molar-refractivity contribution in [2.24, 2.45) is 0 Å². The van der Waals surface area contributed by atoms with Crippen LogP contribution in [0.2, 0.25) is 0 Å². The topological polar surface area (TPSA) is 46.6 Å². The van der Waals surface area contributed by atoms with Crippen molar-refractivity contribution in [3.8, 4) is 5.75 Å². The van der Waals surface area contributed by atoms with Crippen molar-refractivity contribution >= 4 is 29.1 Å². The smallest absolute Gasteiger partial charge is 0.405 e. The molecule has 0 aliphatic carbocycles. The normalized spacial score (nSPS) is 14.4. The highest BCUT2D eigenvalue weighted by Gasteiger charge is 2.31. The van der Waals surface area contributed by atoms with Crippen molar-refractivity contribution < 1.29 is 22.6 Å². The van der Waals surface area contributed by atoms with Crippen molar-refractivity contribution in [3.63, 3.8) is 0 Å². The number of ether oxygens (including phenoxy) is 2. The van der Waals surface area contributed by atoms with Crippen LogP contribution in [0.15, 0.2) is 54.6 Å². The number of rotatable bonds is 6. The molecule has 2 aromatic carbocycles. The fourth-order valence-corrected chi connectivity index (χ4v) is 3.53. The van der Waals surface area contributed by atoms with Gasteiger partial charge in [0.05, 0.1) is 18.7 Å². The summed E-state index contributed by atoms with van der Waals surface area (Å²) in [4.78, 5) is 7.04. The minimum Gasteiger partial charge on any atom is -0.405 e. The Morgan fingerprint density at radius 1 is 0.968 bits per heavy atom. The van der Waals surface area contributed by atoms with E-state index in [4.69, 9.17) is 9.72 Å². The summed E-state index contributed by atoms with van der Waals surface area (Å²) in [6.45, 7) is 3.49. The van der Waals surface area contributed by atoms with E-state index < -0.39 is 6.36 Å². The van der Waals surface area contributed by atoms with Crippen LogP contribution in [0.3, 0.4) is 0 Å². The summed E-state index contributed by atoms with van der Waals surface area (Å²) in [5, 5.41) is 4.26. The van der Waals surface area contributed by atoms with Crippen LogP contribution in [0, 0.1) is 0 Å². The molecule has 1 aliphatic heterocycles. The number of hydrogen-bond donors (Lipinski definition) is 1. The molecule has 1 fully saturated rings. The predicted molar refractivity (Wildman–Crippen MR) is 116 cm³/mol. The molecule has 0 bridgehead atoms. The summed E-state index contributed by atoms with van der Waals surface area (Å²) in [6, 6.07) is 16.1. The highest BCUT2D eigenvalue weighted by Crippen LogP contribution is 2.27. The first-order valence-electron chi connectivity index (χ1n) is 9.75. The summed E-state index contributed by atoms with van der Waals surface area (Å²) >= 11 is 0. The van der Waals surface area contributed by atoms with Crippen molar-refractivity contribution in [1.29, 1.82) is 0 Å². The SMILES string of the molecule is Cl.FC(F)(F)Oc1ccccc1CNCc1cc2ccccc2nc1N1CCOCC1. The van der Waals surface area contributed by atoms with Gasteiger partial charge in [-0.3, -0.25) is 0 Å². The fraction of sp³-hybridized carbons (Fsp3) is 0.318. The second kappa shape index (κ2) is 10.2. The summed E-state index contributed by atoms with van der Waals surface area (Å²) in [5.41, 5.74) is 2.34. The Bertz CT molecular complexity index is 1010. The first kappa shape index (κ1) is 23.1. The van der Waals surface area contributed by atoms with E-state index in [-0.39, 0.29) is 24.7 Å². The largest absolute Gasteiger partial charge is 0.573 e. The molecule has 0 saturated carbocycles. The summed E-state index contributed by atoms with van der Waals surface area (Å²) in [5.74, 6) is 0.687. The van der Waals surface area contributed by atoms with Gasteiger partial charge in [-0.2, -0.15) is 0 Å².